The van der Waals surface area contributed by atoms with Gasteiger partial charge in [-0.2, -0.15) is 0 Å². The van der Waals surface area contributed by atoms with Gasteiger partial charge in [0.1, 0.15) is 11.9 Å². The maximum Gasteiger partial charge on any atom is 0.173 e. The van der Waals surface area contributed by atoms with E-state index in [2.05, 4.69) is 0 Å². The van der Waals surface area contributed by atoms with Crippen molar-refractivity contribution < 1.29 is 9.53 Å². The van der Waals surface area contributed by atoms with Crippen LogP contribution in [0.2, 0.25) is 0 Å². The molecule has 2 rings (SSSR count). The first-order chi connectivity index (χ1) is 6.20. The standard InChI is InChI=1S/C11H12O2/c1-7-8(2)13-10-6-4-3-5-9(10)11(7)12/h3-8H,1-2H3/t7-,8+/m0/s1. The van der Waals surface area contributed by atoms with E-state index in [4.69, 9.17) is 4.74 Å². The van der Waals surface area contributed by atoms with Crippen molar-refractivity contribution >= 4 is 5.78 Å². The van der Waals surface area contributed by atoms with E-state index in [9.17, 15) is 4.79 Å². The van der Waals surface area contributed by atoms with E-state index in [1.54, 1.807) is 0 Å². The van der Waals surface area contributed by atoms with Crippen LogP contribution in [0.4, 0.5) is 0 Å². The van der Waals surface area contributed by atoms with Gasteiger partial charge in [-0.25, -0.2) is 0 Å². The number of carbonyl (C=O) groups excluding carboxylic acids is 1. The molecule has 1 aromatic carbocycles. The predicted molar refractivity (Wildman–Crippen MR) is 50.0 cm³/mol. The summed E-state index contributed by atoms with van der Waals surface area (Å²) in [6.07, 6.45) is -0.0117. The van der Waals surface area contributed by atoms with Crippen LogP contribution in [0.25, 0.3) is 0 Å². The van der Waals surface area contributed by atoms with Gasteiger partial charge in [0.2, 0.25) is 0 Å². The third kappa shape index (κ3) is 1.22. The second-order valence-corrected chi connectivity index (χ2v) is 3.47. The molecule has 68 valence electrons. The van der Waals surface area contributed by atoms with Crippen LogP contribution in [0.1, 0.15) is 24.2 Å². The van der Waals surface area contributed by atoms with Crippen LogP contribution in [0.5, 0.6) is 5.75 Å². The fourth-order valence-corrected chi connectivity index (χ4v) is 1.53. The van der Waals surface area contributed by atoms with Crippen LogP contribution >= 0.6 is 0 Å². The molecule has 0 aliphatic carbocycles. The summed E-state index contributed by atoms with van der Waals surface area (Å²) in [6.45, 7) is 3.83. The van der Waals surface area contributed by atoms with Crippen molar-refractivity contribution in [3.8, 4) is 5.75 Å². The van der Waals surface area contributed by atoms with E-state index in [-0.39, 0.29) is 17.8 Å². The zero-order valence-corrected chi connectivity index (χ0v) is 7.78. The average Bonchev–Trinajstić information content (AvgIpc) is 2.15. The van der Waals surface area contributed by atoms with E-state index >= 15 is 0 Å². The largest absolute Gasteiger partial charge is 0.489 e. The highest BCUT2D eigenvalue weighted by Gasteiger charge is 2.30. The number of benzene rings is 1. The van der Waals surface area contributed by atoms with Crippen molar-refractivity contribution in [2.75, 3.05) is 0 Å². The maximum atomic E-state index is 11.7. The van der Waals surface area contributed by atoms with Crippen molar-refractivity contribution in [3.63, 3.8) is 0 Å². The summed E-state index contributed by atoms with van der Waals surface area (Å²) in [5.74, 6) is 0.877. The zero-order valence-electron chi connectivity index (χ0n) is 7.78. The highest BCUT2D eigenvalue weighted by Crippen LogP contribution is 2.29. The molecular weight excluding hydrogens is 164 g/mol. The lowest BCUT2D eigenvalue weighted by Gasteiger charge is -2.27. The third-order valence-electron chi connectivity index (χ3n) is 2.58. The Bertz CT molecular complexity index is 344. The number of rotatable bonds is 0. The first-order valence-corrected chi connectivity index (χ1v) is 4.50. The van der Waals surface area contributed by atoms with Gasteiger partial charge in [-0.1, -0.05) is 19.1 Å². The molecule has 2 atom stereocenters. The van der Waals surface area contributed by atoms with Gasteiger partial charge in [0, 0.05) is 0 Å². The molecule has 1 aliphatic rings. The number of ketones is 1. The Morgan fingerprint density at radius 1 is 1.23 bits per heavy atom. The lowest BCUT2D eigenvalue weighted by molar-refractivity contribution is 0.0730. The van der Waals surface area contributed by atoms with Crippen molar-refractivity contribution in [1.82, 2.24) is 0 Å². The Labute approximate surface area is 77.5 Å². The third-order valence-corrected chi connectivity index (χ3v) is 2.58. The molecule has 1 aliphatic heterocycles. The van der Waals surface area contributed by atoms with Gasteiger partial charge in [0.05, 0.1) is 11.5 Å². The van der Waals surface area contributed by atoms with Crippen molar-refractivity contribution in [2.45, 2.75) is 20.0 Å². The Kier molecular flexibility index (Phi) is 1.83. The second kappa shape index (κ2) is 2.87. The topological polar surface area (TPSA) is 26.3 Å². The number of ether oxygens (including phenoxy) is 1. The molecule has 1 heterocycles. The molecule has 0 bridgehead atoms. The summed E-state index contributed by atoms with van der Waals surface area (Å²) in [6, 6.07) is 7.41. The molecule has 13 heavy (non-hydrogen) atoms. The van der Waals surface area contributed by atoms with Gasteiger partial charge in [-0.3, -0.25) is 4.79 Å². The molecule has 0 spiro atoms. The number of carbonyl (C=O) groups is 1. The van der Waals surface area contributed by atoms with Gasteiger partial charge in [-0.15, -0.1) is 0 Å². The molecule has 0 aromatic heterocycles. The maximum absolute atomic E-state index is 11.7. The summed E-state index contributed by atoms with van der Waals surface area (Å²) in [4.78, 5) is 11.7. The quantitative estimate of drug-likeness (QED) is 0.606. The van der Waals surface area contributed by atoms with Gasteiger partial charge < -0.3 is 4.74 Å². The van der Waals surface area contributed by atoms with E-state index in [1.165, 1.54) is 0 Å². The molecule has 0 radical (unpaired) electrons. The predicted octanol–water partition coefficient (Wildman–Crippen LogP) is 2.29. The van der Waals surface area contributed by atoms with E-state index in [0.29, 0.717) is 5.56 Å². The Morgan fingerprint density at radius 2 is 1.92 bits per heavy atom. The molecule has 0 fully saturated rings. The molecule has 0 N–H and O–H groups in total. The van der Waals surface area contributed by atoms with E-state index in [0.717, 1.165) is 5.75 Å². The van der Waals surface area contributed by atoms with Gasteiger partial charge in [0.25, 0.3) is 0 Å². The molecule has 2 nitrogen and oxygen atoms in total. The van der Waals surface area contributed by atoms with Crippen molar-refractivity contribution in [1.29, 1.82) is 0 Å². The molecule has 0 saturated carbocycles. The fraction of sp³-hybridized carbons (Fsp3) is 0.364. The van der Waals surface area contributed by atoms with Crippen LogP contribution < -0.4 is 4.74 Å². The van der Waals surface area contributed by atoms with Gasteiger partial charge in [0.15, 0.2) is 5.78 Å². The summed E-state index contributed by atoms with van der Waals surface area (Å²) in [7, 11) is 0. The number of para-hydroxylation sites is 1. The summed E-state index contributed by atoms with van der Waals surface area (Å²) < 4.78 is 5.59. The Balaban J connectivity index is 2.49. The number of hydrogen-bond donors (Lipinski definition) is 0. The molecule has 1 aromatic rings. The van der Waals surface area contributed by atoms with Crippen molar-refractivity contribution in [2.24, 2.45) is 5.92 Å². The zero-order chi connectivity index (χ0) is 9.42. The smallest absolute Gasteiger partial charge is 0.173 e. The average molecular weight is 176 g/mol. The molecular formula is C11H12O2. The Morgan fingerprint density at radius 3 is 2.69 bits per heavy atom. The summed E-state index contributed by atoms with van der Waals surface area (Å²) in [5, 5.41) is 0. The normalized spacial score (nSPS) is 26.5. The van der Waals surface area contributed by atoms with Crippen molar-refractivity contribution in [3.05, 3.63) is 29.8 Å². The van der Waals surface area contributed by atoms with Crippen LogP contribution in [0, 0.1) is 5.92 Å². The molecule has 0 unspecified atom stereocenters. The minimum atomic E-state index is -0.0325. The minimum Gasteiger partial charge on any atom is -0.489 e. The monoisotopic (exact) mass is 176 g/mol. The number of fused-ring (bicyclic) bond motifs is 1. The highest BCUT2D eigenvalue weighted by atomic mass is 16.5. The summed E-state index contributed by atoms with van der Waals surface area (Å²) in [5.41, 5.74) is 0.716. The lowest BCUT2D eigenvalue weighted by Crippen LogP contribution is -2.33. The summed E-state index contributed by atoms with van der Waals surface area (Å²) >= 11 is 0. The highest BCUT2D eigenvalue weighted by molar-refractivity contribution is 6.01. The van der Waals surface area contributed by atoms with E-state index in [1.807, 2.05) is 38.1 Å². The molecule has 2 heteroatoms. The van der Waals surface area contributed by atoms with Crippen LogP contribution in [-0.2, 0) is 0 Å². The van der Waals surface area contributed by atoms with Crippen LogP contribution in [0.3, 0.4) is 0 Å². The van der Waals surface area contributed by atoms with Crippen LogP contribution in [0.15, 0.2) is 24.3 Å². The lowest BCUT2D eigenvalue weighted by atomic mass is 9.92. The van der Waals surface area contributed by atoms with Gasteiger partial charge in [-0.05, 0) is 19.1 Å². The second-order valence-electron chi connectivity index (χ2n) is 3.47. The molecule has 0 saturated heterocycles. The SMILES string of the molecule is C[C@@H]1C(=O)c2ccccc2O[C@@H]1C. The number of hydrogen-bond acceptors (Lipinski definition) is 2. The first kappa shape index (κ1) is 8.30. The van der Waals surface area contributed by atoms with Crippen LogP contribution in [-0.4, -0.2) is 11.9 Å². The number of Topliss-reactive ketones (excluding diaryl/α,β-unsaturated/α-hetero) is 1. The first-order valence-electron chi connectivity index (χ1n) is 4.50. The minimum absolute atomic E-state index is 0.0117. The fourth-order valence-electron chi connectivity index (χ4n) is 1.53. The van der Waals surface area contributed by atoms with Gasteiger partial charge >= 0.3 is 0 Å². The molecule has 0 amide bonds. The van der Waals surface area contributed by atoms with E-state index < -0.39 is 0 Å². The Hall–Kier alpha value is -1.31.